The van der Waals surface area contributed by atoms with Gasteiger partial charge in [0.25, 0.3) is 15.9 Å². The van der Waals surface area contributed by atoms with Gasteiger partial charge >= 0.3 is 0 Å². The van der Waals surface area contributed by atoms with Crippen LogP contribution in [0.15, 0.2) is 76.7 Å². The molecule has 1 N–H and O–H groups in total. The largest absolute Gasteiger partial charge is 0.318 e. The quantitative estimate of drug-likeness (QED) is 0.214. The molecule has 0 fully saturated rings. The normalized spacial score (nSPS) is 11.7. The summed E-state index contributed by atoms with van der Waals surface area (Å²) in [6.45, 7) is 13.5. The minimum Gasteiger partial charge on any atom is -0.318 e. The van der Waals surface area contributed by atoms with Crippen molar-refractivity contribution >= 4 is 27.8 Å². The summed E-state index contributed by atoms with van der Waals surface area (Å²) in [5, 5.41) is 4.18. The molecule has 208 valence electrons. The molecule has 0 aliphatic rings. The van der Waals surface area contributed by atoms with Crippen LogP contribution in [0.4, 0.5) is 5.69 Å². The minimum atomic E-state index is -4.01. The predicted molar refractivity (Wildman–Crippen MR) is 162 cm³/mol. The molecule has 0 aliphatic carbocycles. The third kappa shape index (κ3) is 6.18. The number of nitrogens with zero attached hydrogens (tertiary/aromatic N) is 3. The van der Waals surface area contributed by atoms with E-state index in [9.17, 15) is 13.2 Å². The Morgan fingerprint density at radius 2 is 1.45 bits per heavy atom. The molecule has 0 aliphatic heterocycles. The molecule has 4 aromatic rings. The first-order chi connectivity index (χ1) is 18.9. The number of rotatable bonds is 8. The van der Waals surface area contributed by atoms with E-state index in [0.717, 1.165) is 43.6 Å². The van der Waals surface area contributed by atoms with E-state index in [1.165, 1.54) is 11.1 Å². The minimum absolute atomic E-state index is 0.118. The highest BCUT2D eigenvalue weighted by atomic mass is 32.2. The standard InChI is InChI=1S/C32H36N4O3S/c1-21-8-11-30(12-9-21)40(38,39)35(29-16-23(3)14-24(4)17-29)20-32(37)34-33-19-28-18-26(6)36(27(28)7)31-13-10-22(2)15-25(31)5/h8-19H,20H2,1-7H3,(H,34,37)/b33-19-. The van der Waals surface area contributed by atoms with Crippen LogP contribution in [-0.2, 0) is 14.8 Å². The molecule has 0 saturated carbocycles. The number of amides is 1. The molecule has 3 aromatic carbocycles. The Balaban J connectivity index is 1.58. The Morgan fingerprint density at radius 1 is 0.825 bits per heavy atom. The first-order valence-corrected chi connectivity index (χ1v) is 14.6. The van der Waals surface area contributed by atoms with Gasteiger partial charge < -0.3 is 4.57 Å². The molecule has 1 amide bonds. The zero-order chi connectivity index (χ0) is 29.2. The fraction of sp³-hybridized carbons (Fsp3) is 0.250. The lowest BCUT2D eigenvalue weighted by Gasteiger charge is -2.24. The summed E-state index contributed by atoms with van der Waals surface area (Å²) in [6.07, 6.45) is 1.59. The van der Waals surface area contributed by atoms with Crippen molar-refractivity contribution in [3.05, 3.63) is 111 Å². The van der Waals surface area contributed by atoms with Gasteiger partial charge in [0.1, 0.15) is 6.54 Å². The fourth-order valence-corrected chi connectivity index (χ4v) is 6.34. The van der Waals surface area contributed by atoms with Gasteiger partial charge in [0, 0.05) is 22.6 Å². The van der Waals surface area contributed by atoms with Crippen molar-refractivity contribution in [3.63, 3.8) is 0 Å². The number of nitrogens with one attached hydrogen (secondary N) is 1. The Morgan fingerprint density at radius 3 is 2.08 bits per heavy atom. The van der Waals surface area contributed by atoms with Crippen LogP contribution in [0.1, 0.15) is 44.8 Å². The number of hydrazone groups is 1. The van der Waals surface area contributed by atoms with E-state index >= 15 is 0 Å². The third-order valence-electron chi connectivity index (χ3n) is 6.85. The van der Waals surface area contributed by atoms with Crippen LogP contribution in [0.3, 0.4) is 0 Å². The number of carbonyl (C=O) groups is 1. The zero-order valence-electron chi connectivity index (χ0n) is 24.1. The SMILES string of the molecule is Cc1ccc(S(=O)(=O)N(CC(=O)N/N=C\c2cc(C)n(-c3ccc(C)cc3C)c2C)c2cc(C)cc(C)c2)cc1. The average Bonchev–Trinajstić information content (AvgIpc) is 3.15. The summed E-state index contributed by atoms with van der Waals surface area (Å²) in [6, 6.07) is 20.4. The molecule has 40 heavy (non-hydrogen) atoms. The van der Waals surface area contributed by atoms with Crippen LogP contribution >= 0.6 is 0 Å². The maximum Gasteiger partial charge on any atom is 0.264 e. The predicted octanol–water partition coefficient (Wildman–Crippen LogP) is 5.98. The fourth-order valence-electron chi connectivity index (χ4n) is 4.93. The first-order valence-electron chi connectivity index (χ1n) is 13.1. The monoisotopic (exact) mass is 556 g/mol. The van der Waals surface area contributed by atoms with Gasteiger partial charge in [-0.15, -0.1) is 0 Å². The molecule has 7 nitrogen and oxygen atoms in total. The smallest absolute Gasteiger partial charge is 0.264 e. The summed E-state index contributed by atoms with van der Waals surface area (Å²) in [7, 11) is -4.01. The van der Waals surface area contributed by atoms with Gasteiger partial charge in [0.15, 0.2) is 0 Å². The van der Waals surface area contributed by atoms with Crippen LogP contribution in [0.2, 0.25) is 0 Å². The summed E-state index contributed by atoms with van der Waals surface area (Å²) >= 11 is 0. The number of hydrogen-bond donors (Lipinski definition) is 1. The molecule has 0 atom stereocenters. The summed E-state index contributed by atoms with van der Waals surface area (Å²) in [5.41, 5.74) is 12.0. The van der Waals surface area contributed by atoms with E-state index in [1.807, 2.05) is 46.8 Å². The van der Waals surface area contributed by atoms with Crippen molar-refractivity contribution in [3.8, 4) is 5.69 Å². The number of carbonyl (C=O) groups excluding carboxylic acids is 1. The maximum atomic E-state index is 13.7. The van der Waals surface area contributed by atoms with Crippen LogP contribution in [0.5, 0.6) is 0 Å². The van der Waals surface area contributed by atoms with Crippen molar-refractivity contribution in [2.24, 2.45) is 5.10 Å². The van der Waals surface area contributed by atoms with Crippen molar-refractivity contribution in [2.45, 2.75) is 53.4 Å². The Labute approximate surface area is 237 Å². The highest BCUT2D eigenvalue weighted by Gasteiger charge is 2.27. The Bertz CT molecular complexity index is 1680. The third-order valence-corrected chi connectivity index (χ3v) is 8.64. The first kappa shape index (κ1) is 28.8. The highest BCUT2D eigenvalue weighted by Crippen LogP contribution is 2.26. The van der Waals surface area contributed by atoms with Crippen molar-refractivity contribution in [2.75, 3.05) is 10.8 Å². The van der Waals surface area contributed by atoms with E-state index in [-0.39, 0.29) is 4.90 Å². The Kier molecular flexibility index (Phi) is 8.30. The van der Waals surface area contributed by atoms with Crippen LogP contribution in [0, 0.1) is 48.5 Å². The second kappa shape index (κ2) is 11.5. The van der Waals surface area contributed by atoms with Gasteiger partial charge in [-0.1, -0.05) is 41.5 Å². The number of aromatic nitrogens is 1. The lowest BCUT2D eigenvalue weighted by Crippen LogP contribution is -2.39. The molecule has 1 heterocycles. The molecule has 1 aromatic heterocycles. The molecule has 8 heteroatoms. The van der Waals surface area contributed by atoms with E-state index in [4.69, 9.17) is 0 Å². The maximum absolute atomic E-state index is 13.7. The number of hydrogen-bond acceptors (Lipinski definition) is 4. The molecule has 0 spiro atoms. The van der Waals surface area contributed by atoms with Gasteiger partial charge in [0.2, 0.25) is 0 Å². The van der Waals surface area contributed by atoms with E-state index in [1.54, 1.807) is 42.6 Å². The molecule has 4 rings (SSSR count). The van der Waals surface area contributed by atoms with Crippen LogP contribution in [0.25, 0.3) is 5.69 Å². The van der Waals surface area contributed by atoms with Gasteiger partial charge in [-0.3, -0.25) is 9.10 Å². The Hall–Kier alpha value is -4.17. The lowest BCUT2D eigenvalue weighted by atomic mass is 10.1. The van der Waals surface area contributed by atoms with Gasteiger partial charge in [-0.25, -0.2) is 13.8 Å². The second-order valence-electron chi connectivity index (χ2n) is 10.4. The number of aryl methyl sites for hydroxylation is 6. The summed E-state index contributed by atoms with van der Waals surface area (Å²) in [4.78, 5) is 13.2. The molecule has 0 unspecified atom stereocenters. The summed E-state index contributed by atoms with van der Waals surface area (Å²) in [5.74, 6) is -0.547. The van der Waals surface area contributed by atoms with Crippen LogP contribution < -0.4 is 9.73 Å². The second-order valence-corrected chi connectivity index (χ2v) is 12.3. The van der Waals surface area contributed by atoms with E-state index in [0.29, 0.717) is 5.69 Å². The van der Waals surface area contributed by atoms with Crippen LogP contribution in [-0.4, -0.2) is 31.7 Å². The van der Waals surface area contributed by atoms with Crippen molar-refractivity contribution < 1.29 is 13.2 Å². The van der Waals surface area contributed by atoms with Gasteiger partial charge in [-0.2, -0.15) is 5.10 Å². The topological polar surface area (TPSA) is 83.8 Å². The lowest BCUT2D eigenvalue weighted by molar-refractivity contribution is -0.119. The van der Waals surface area contributed by atoms with Crippen molar-refractivity contribution in [1.29, 1.82) is 0 Å². The zero-order valence-corrected chi connectivity index (χ0v) is 24.9. The number of benzene rings is 3. The van der Waals surface area contributed by atoms with E-state index in [2.05, 4.69) is 47.1 Å². The highest BCUT2D eigenvalue weighted by molar-refractivity contribution is 7.92. The van der Waals surface area contributed by atoms with Gasteiger partial charge in [-0.05, 0) is 102 Å². The molecule has 0 bridgehead atoms. The average molecular weight is 557 g/mol. The van der Waals surface area contributed by atoms with Crippen molar-refractivity contribution in [1.82, 2.24) is 9.99 Å². The number of anilines is 1. The molecular weight excluding hydrogens is 520 g/mol. The molecule has 0 saturated heterocycles. The molecular formula is C32H36N4O3S. The molecule has 0 radical (unpaired) electrons. The van der Waals surface area contributed by atoms with E-state index < -0.39 is 22.5 Å². The summed E-state index contributed by atoms with van der Waals surface area (Å²) < 4.78 is 30.6. The number of sulfonamides is 1. The van der Waals surface area contributed by atoms with Gasteiger partial charge in [0.05, 0.1) is 16.8 Å².